The molecule has 0 saturated carbocycles. The summed E-state index contributed by atoms with van der Waals surface area (Å²) in [6.45, 7) is 7.73. The monoisotopic (exact) mass is 244 g/mol. The zero-order chi connectivity index (χ0) is 12.7. The highest BCUT2D eigenvalue weighted by Gasteiger charge is 2.30. The third kappa shape index (κ3) is 1.81. The maximum atomic E-state index is 4.70. The molecular formula is C14H20N4. The van der Waals surface area contributed by atoms with Crippen LogP contribution in [0.15, 0.2) is 18.2 Å². The highest BCUT2D eigenvalue weighted by molar-refractivity contribution is 5.39. The lowest BCUT2D eigenvalue weighted by Crippen LogP contribution is -2.30. The van der Waals surface area contributed by atoms with Gasteiger partial charge in [0.1, 0.15) is 0 Å². The predicted octanol–water partition coefficient (Wildman–Crippen LogP) is 2.58. The van der Waals surface area contributed by atoms with Gasteiger partial charge in [-0.3, -0.25) is 4.90 Å². The number of aryl methyl sites for hydroxylation is 1. The zero-order valence-corrected chi connectivity index (χ0v) is 11.3. The van der Waals surface area contributed by atoms with E-state index >= 15 is 0 Å². The van der Waals surface area contributed by atoms with E-state index in [4.69, 9.17) is 10.1 Å². The number of fused-ring (bicyclic) bond motifs is 1. The molecule has 0 amide bonds. The Kier molecular flexibility index (Phi) is 2.82. The second-order valence-corrected chi connectivity index (χ2v) is 5.40. The van der Waals surface area contributed by atoms with E-state index in [1.165, 1.54) is 12.8 Å². The second-order valence-electron chi connectivity index (χ2n) is 5.40. The average Bonchev–Trinajstić information content (AvgIpc) is 2.95. The molecule has 1 aliphatic rings. The molecule has 3 heterocycles. The average molecular weight is 244 g/mol. The maximum absolute atomic E-state index is 4.70. The van der Waals surface area contributed by atoms with Gasteiger partial charge in [0.25, 0.3) is 0 Å². The minimum atomic E-state index is 0.393. The Morgan fingerprint density at radius 1 is 1.33 bits per heavy atom. The van der Waals surface area contributed by atoms with E-state index < -0.39 is 0 Å². The quantitative estimate of drug-likeness (QED) is 0.814. The number of nitrogens with zero attached hydrogens (tertiary/aromatic N) is 4. The Hall–Kier alpha value is -1.42. The highest BCUT2D eigenvalue weighted by atomic mass is 15.3. The van der Waals surface area contributed by atoms with Crippen molar-refractivity contribution in [1.29, 1.82) is 0 Å². The molecule has 4 nitrogen and oxygen atoms in total. The summed E-state index contributed by atoms with van der Waals surface area (Å²) in [7, 11) is 0. The second kappa shape index (κ2) is 4.35. The van der Waals surface area contributed by atoms with Gasteiger partial charge in [-0.15, -0.1) is 5.10 Å². The third-order valence-electron chi connectivity index (χ3n) is 3.82. The van der Waals surface area contributed by atoms with Crippen LogP contribution in [-0.4, -0.2) is 32.1 Å². The van der Waals surface area contributed by atoms with Crippen molar-refractivity contribution >= 4 is 5.65 Å². The summed E-state index contributed by atoms with van der Waals surface area (Å²) in [6.07, 6.45) is 2.42. The fourth-order valence-corrected chi connectivity index (χ4v) is 2.88. The lowest BCUT2D eigenvalue weighted by Gasteiger charge is -2.26. The lowest BCUT2D eigenvalue weighted by molar-refractivity contribution is 0.198. The molecule has 1 saturated heterocycles. The van der Waals surface area contributed by atoms with E-state index in [1.807, 2.05) is 16.6 Å². The van der Waals surface area contributed by atoms with Crippen LogP contribution < -0.4 is 0 Å². The third-order valence-corrected chi connectivity index (χ3v) is 3.82. The van der Waals surface area contributed by atoms with Crippen molar-refractivity contribution in [2.24, 2.45) is 0 Å². The fourth-order valence-electron chi connectivity index (χ4n) is 2.88. The highest BCUT2D eigenvalue weighted by Crippen LogP contribution is 2.31. The molecule has 96 valence electrons. The number of hydrogen-bond donors (Lipinski definition) is 0. The summed E-state index contributed by atoms with van der Waals surface area (Å²) in [4.78, 5) is 7.20. The number of aromatic nitrogens is 3. The largest absolute Gasteiger partial charge is 0.291 e. The van der Waals surface area contributed by atoms with Crippen LogP contribution in [0.1, 0.15) is 44.2 Å². The van der Waals surface area contributed by atoms with Crippen LogP contribution in [0, 0.1) is 6.92 Å². The Balaban J connectivity index is 2.01. The number of hydrogen-bond acceptors (Lipinski definition) is 3. The molecule has 4 heteroatoms. The van der Waals surface area contributed by atoms with Crippen LogP contribution in [0.4, 0.5) is 0 Å². The summed E-state index contributed by atoms with van der Waals surface area (Å²) in [5.41, 5.74) is 2.10. The van der Waals surface area contributed by atoms with Crippen LogP contribution in [0.2, 0.25) is 0 Å². The standard InChI is InChI=1S/C14H20N4/c1-10(2)17-9-5-7-12(17)14-15-13-8-4-6-11(3)18(13)16-14/h4,6,8,10,12H,5,7,9H2,1-3H3. The smallest absolute Gasteiger partial charge is 0.168 e. The van der Waals surface area contributed by atoms with Gasteiger partial charge in [0, 0.05) is 11.7 Å². The number of rotatable bonds is 2. The molecular weight excluding hydrogens is 224 g/mol. The van der Waals surface area contributed by atoms with E-state index in [-0.39, 0.29) is 0 Å². The summed E-state index contributed by atoms with van der Waals surface area (Å²) in [6, 6.07) is 7.09. The van der Waals surface area contributed by atoms with E-state index in [0.29, 0.717) is 12.1 Å². The topological polar surface area (TPSA) is 33.4 Å². The summed E-state index contributed by atoms with van der Waals surface area (Å²) in [5.74, 6) is 0.982. The number of pyridine rings is 1. The lowest BCUT2D eigenvalue weighted by atomic mass is 10.2. The van der Waals surface area contributed by atoms with Crippen molar-refractivity contribution < 1.29 is 0 Å². The first kappa shape index (κ1) is 11.7. The van der Waals surface area contributed by atoms with Crippen molar-refractivity contribution in [2.75, 3.05) is 6.54 Å². The molecule has 18 heavy (non-hydrogen) atoms. The van der Waals surface area contributed by atoms with E-state index in [1.54, 1.807) is 0 Å². The zero-order valence-electron chi connectivity index (χ0n) is 11.3. The van der Waals surface area contributed by atoms with Gasteiger partial charge in [-0.05, 0) is 52.3 Å². The predicted molar refractivity (Wildman–Crippen MR) is 71.5 cm³/mol. The molecule has 1 atom stereocenters. The summed E-state index contributed by atoms with van der Waals surface area (Å²) < 4.78 is 1.95. The summed E-state index contributed by atoms with van der Waals surface area (Å²) in [5, 5.41) is 4.69. The number of likely N-dealkylation sites (tertiary alicyclic amines) is 1. The van der Waals surface area contributed by atoms with Crippen LogP contribution in [0.25, 0.3) is 5.65 Å². The Labute approximate surface area is 108 Å². The molecule has 0 N–H and O–H groups in total. The minimum Gasteiger partial charge on any atom is -0.291 e. The van der Waals surface area contributed by atoms with Crippen molar-refractivity contribution in [3.8, 4) is 0 Å². The molecule has 1 aliphatic heterocycles. The molecule has 0 radical (unpaired) electrons. The van der Waals surface area contributed by atoms with E-state index in [0.717, 1.165) is 23.7 Å². The SMILES string of the molecule is Cc1cccc2nc(C3CCCN3C(C)C)nn12. The Morgan fingerprint density at radius 3 is 2.89 bits per heavy atom. The van der Waals surface area contributed by atoms with Crippen molar-refractivity contribution in [3.63, 3.8) is 0 Å². The first-order valence-corrected chi connectivity index (χ1v) is 6.75. The molecule has 1 fully saturated rings. The van der Waals surface area contributed by atoms with Gasteiger partial charge >= 0.3 is 0 Å². The fraction of sp³-hybridized carbons (Fsp3) is 0.571. The molecule has 0 bridgehead atoms. The molecule has 1 unspecified atom stereocenters. The molecule has 0 spiro atoms. The van der Waals surface area contributed by atoms with E-state index in [2.05, 4.69) is 31.7 Å². The van der Waals surface area contributed by atoms with Gasteiger partial charge in [0.05, 0.1) is 6.04 Å². The molecule has 3 rings (SSSR count). The molecule has 2 aromatic heterocycles. The normalized spacial score (nSPS) is 21.2. The van der Waals surface area contributed by atoms with Gasteiger partial charge in [-0.2, -0.15) is 0 Å². The summed E-state index contributed by atoms with van der Waals surface area (Å²) >= 11 is 0. The van der Waals surface area contributed by atoms with Crippen molar-refractivity contribution in [2.45, 2.75) is 45.7 Å². The molecule has 0 aromatic carbocycles. The van der Waals surface area contributed by atoms with Gasteiger partial charge in [0.2, 0.25) is 0 Å². The maximum Gasteiger partial charge on any atom is 0.168 e. The van der Waals surface area contributed by atoms with Crippen LogP contribution >= 0.6 is 0 Å². The van der Waals surface area contributed by atoms with Gasteiger partial charge in [0.15, 0.2) is 11.5 Å². The van der Waals surface area contributed by atoms with Crippen LogP contribution in [0.3, 0.4) is 0 Å². The van der Waals surface area contributed by atoms with Crippen molar-refractivity contribution in [3.05, 3.63) is 29.7 Å². The molecule has 0 aliphatic carbocycles. The van der Waals surface area contributed by atoms with Crippen LogP contribution in [-0.2, 0) is 0 Å². The first-order valence-electron chi connectivity index (χ1n) is 6.75. The Morgan fingerprint density at radius 2 is 2.17 bits per heavy atom. The minimum absolute atomic E-state index is 0.393. The van der Waals surface area contributed by atoms with Crippen molar-refractivity contribution in [1.82, 2.24) is 19.5 Å². The van der Waals surface area contributed by atoms with E-state index in [9.17, 15) is 0 Å². The van der Waals surface area contributed by atoms with Gasteiger partial charge in [-0.1, -0.05) is 6.07 Å². The van der Waals surface area contributed by atoms with Crippen LogP contribution in [0.5, 0.6) is 0 Å². The van der Waals surface area contributed by atoms with Gasteiger partial charge < -0.3 is 0 Å². The first-order chi connectivity index (χ1) is 8.66. The Bertz CT molecular complexity index is 558. The molecule has 2 aromatic rings. The van der Waals surface area contributed by atoms with Gasteiger partial charge in [-0.25, -0.2) is 9.50 Å².